The molecule has 0 bridgehead atoms. The summed E-state index contributed by atoms with van der Waals surface area (Å²) in [6, 6.07) is 0. The zero-order valence-corrected chi connectivity index (χ0v) is 14.8. The van der Waals surface area contributed by atoms with E-state index in [-0.39, 0.29) is 5.54 Å². The van der Waals surface area contributed by atoms with Crippen molar-refractivity contribution in [3.05, 3.63) is 15.6 Å². The number of aromatic nitrogens is 1. The van der Waals surface area contributed by atoms with Crippen LogP contribution in [0.5, 0.6) is 0 Å². The molecule has 0 amide bonds. The van der Waals surface area contributed by atoms with Crippen molar-refractivity contribution in [2.24, 2.45) is 11.3 Å². The third-order valence-corrected chi connectivity index (χ3v) is 5.75. The van der Waals surface area contributed by atoms with E-state index in [1.807, 2.05) is 11.3 Å². The molecule has 0 aliphatic heterocycles. The smallest absolute Gasteiger partial charge is 0.113 e. The molecule has 1 fully saturated rings. The quantitative estimate of drug-likeness (QED) is 0.873. The van der Waals surface area contributed by atoms with Crippen LogP contribution >= 0.6 is 11.3 Å². The minimum Gasteiger partial charge on any atom is -0.306 e. The monoisotopic (exact) mass is 294 g/mol. The summed E-state index contributed by atoms with van der Waals surface area (Å²) >= 11 is 1.91. The predicted octanol–water partition coefficient (Wildman–Crippen LogP) is 4.66. The van der Waals surface area contributed by atoms with E-state index in [0.29, 0.717) is 5.41 Å². The summed E-state index contributed by atoms with van der Waals surface area (Å²) in [4.78, 5) is 6.40. The van der Waals surface area contributed by atoms with Gasteiger partial charge in [0.05, 0.1) is 11.2 Å². The zero-order valence-electron chi connectivity index (χ0n) is 14.0. The molecule has 0 spiro atoms. The Bertz CT molecular complexity index is 464. The summed E-state index contributed by atoms with van der Waals surface area (Å²) < 4.78 is 0. The fourth-order valence-electron chi connectivity index (χ4n) is 4.24. The van der Waals surface area contributed by atoms with Crippen molar-refractivity contribution < 1.29 is 0 Å². The maximum Gasteiger partial charge on any atom is 0.113 e. The molecule has 1 aromatic rings. The highest BCUT2D eigenvalue weighted by molar-refractivity contribution is 7.11. The number of hydrogen-bond donors (Lipinski definition) is 1. The molecule has 20 heavy (non-hydrogen) atoms. The van der Waals surface area contributed by atoms with Crippen LogP contribution in [0.1, 0.15) is 69.5 Å². The SMILES string of the molecule is CCNC1(c2nc(CC)c(C)s2)CC(C)CC(C)(C)C1. The van der Waals surface area contributed by atoms with Gasteiger partial charge < -0.3 is 5.32 Å². The lowest BCUT2D eigenvalue weighted by atomic mass is 9.64. The number of nitrogens with zero attached hydrogens (tertiary/aromatic N) is 1. The molecule has 1 aliphatic rings. The van der Waals surface area contributed by atoms with Crippen molar-refractivity contribution in [3.8, 4) is 0 Å². The average molecular weight is 295 g/mol. The van der Waals surface area contributed by atoms with Gasteiger partial charge in [0.25, 0.3) is 0 Å². The van der Waals surface area contributed by atoms with Crippen LogP contribution in [0.25, 0.3) is 0 Å². The van der Waals surface area contributed by atoms with Gasteiger partial charge in [-0.1, -0.05) is 34.6 Å². The normalized spacial score (nSPS) is 29.6. The minimum absolute atomic E-state index is 0.0960. The van der Waals surface area contributed by atoms with Crippen LogP contribution in [0.4, 0.5) is 0 Å². The topological polar surface area (TPSA) is 24.9 Å². The molecule has 0 aromatic carbocycles. The molecule has 2 rings (SSSR count). The fourth-order valence-corrected chi connectivity index (χ4v) is 5.42. The van der Waals surface area contributed by atoms with Gasteiger partial charge in [-0.3, -0.25) is 0 Å². The predicted molar refractivity (Wildman–Crippen MR) is 88.4 cm³/mol. The molecule has 2 unspecified atom stereocenters. The number of thiazole rings is 1. The summed E-state index contributed by atoms with van der Waals surface area (Å²) in [5.41, 5.74) is 1.78. The van der Waals surface area contributed by atoms with Gasteiger partial charge in [0, 0.05) is 4.88 Å². The van der Waals surface area contributed by atoms with E-state index in [0.717, 1.165) is 18.9 Å². The maximum absolute atomic E-state index is 5.00. The highest BCUT2D eigenvalue weighted by Crippen LogP contribution is 2.49. The van der Waals surface area contributed by atoms with Crippen LogP contribution in [0, 0.1) is 18.3 Å². The Hall–Kier alpha value is -0.410. The Balaban J connectivity index is 2.42. The lowest BCUT2D eigenvalue weighted by Gasteiger charge is -2.47. The van der Waals surface area contributed by atoms with Crippen LogP contribution in [-0.4, -0.2) is 11.5 Å². The van der Waals surface area contributed by atoms with Crippen molar-refractivity contribution in [3.63, 3.8) is 0 Å². The number of aryl methyl sites for hydroxylation is 2. The van der Waals surface area contributed by atoms with E-state index in [4.69, 9.17) is 4.98 Å². The van der Waals surface area contributed by atoms with E-state index in [9.17, 15) is 0 Å². The molecule has 0 radical (unpaired) electrons. The summed E-state index contributed by atoms with van der Waals surface area (Å²) in [7, 11) is 0. The Morgan fingerprint density at radius 3 is 2.50 bits per heavy atom. The molecule has 114 valence electrons. The van der Waals surface area contributed by atoms with Gasteiger partial charge in [-0.05, 0) is 50.5 Å². The summed E-state index contributed by atoms with van der Waals surface area (Å²) in [5, 5.41) is 5.14. The first-order chi connectivity index (χ1) is 9.32. The van der Waals surface area contributed by atoms with Gasteiger partial charge in [-0.15, -0.1) is 11.3 Å². The van der Waals surface area contributed by atoms with Gasteiger partial charge in [-0.25, -0.2) is 4.98 Å². The standard InChI is InChI=1S/C17H30N2S/c1-7-14-13(4)20-15(19-14)17(18-8-2)10-12(3)9-16(5,6)11-17/h12,18H,7-11H2,1-6H3. The molecule has 0 saturated heterocycles. The number of nitrogens with one attached hydrogen (secondary N) is 1. The van der Waals surface area contributed by atoms with Gasteiger partial charge in [-0.2, -0.15) is 0 Å². The van der Waals surface area contributed by atoms with Crippen LogP contribution in [-0.2, 0) is 12.0 Å². The third kappa shape index (κ3) is 3.09. The fraction of sp³-hybridized carbons (Fsp3) is 0.824. The second kappa shape index (κ2) is 5.76. The second-order valence-electron chi connectivity index (χ2n) is 7.34. The Morgan fingerprint density at radius 1 is 1.30 bits per heavy atom. The van der Waals surface area contributed by atoms with Crippen molar-refractivity contribution in [1.82, 2.24) is 10.3 Å². The summed E-state index contributed by atoms with van der Waals surface area (Å²) in [6.45, 7) is 14.9. The highest BCUT2D eigenvalue weighted by atomic mass is 32.1. The van der Waals surface area contributed by atoms with Crippen LogP contribution in [0.3, 0.4) is 0 Å². The van der Waals surface area contributed by atoms with E-state index in [1.165, 1.54) is 34.8 Å². The van der Waals surface area contributed by atoms with Crippen molar-refractivity contribution in [1.29, 1.82) is 0 Å². The van der Waals surface area contributed by atoms with Crippen molar-refractivity contribution in [2.45, 2.75) is 72.8 Å². The van der Waals surface area contributed by atoms with Gasteiger partial charge in [0.15, 0.2) is 0 Å². The molecule has 2 atom stereocenters. The molecule has 1 N–H and O–H groups in total. The van der Waals surface area contributed by atoms with E-state index >= 15 is 0 Å². The van der Waals surface area contributed by atoms with E-state index in [2.05, 4.69) is 46.9 Å². The van der Waals surface area contributed by atoms with Crippen LogP contribution < -0.4 is 5.32 Å². The summed E-state index contributed by atoms with van der Waals surface area (Å²) in [6.07, 6.45) is 4.79. The van der Waals surface area contributed by atoms with Crippen molar-refractivity contribution in [2.75, 3.05) is 6.54 Å². The first-order valence-electron chi connectivity index (χ1n) is 8.03. The number of hydrogen-bond acceptors (Lipinski definition) is 3. The molecule has 1 aliphatic carbocycles. The number of rotatable bonds is 4. The van der Waals surface area contributed by atoms with Crippen LogP contribution in [0.15, 0.2) is 0 Å². The largest absolute Gasteiger partial charge is 0.306 e. The van der Waals surface area contributed by atoms with Crippen molar-refractivity contribution >= 4 is 11.3 Å². The molecule has 1 aromatic heterocycles. The highest BCUT2D eigenvalue weighted by Gasteiger charge is 2.45. The zero-order chi connectivity index (χ0) is 15.0. The Kier molecular flexibility index (Phi) is 4.60. The first-order valence-corrected chi connectivity index (χ1v) is 8.85. The average Bonchev–Trinajstić information content (AvgIpc) is 2.68. The molecule has 3 heteroatoms. The Labute approximate surface area is 128 Å². The lowest BCUT2D eigenvalue weighted by Crippen LogP contribution is -2.50. The molecular formula is C17H30N2S. The van der Waals surface area contributed by atoms with Gasteiger partial charge in [0.1, 0.15) is 5.01 Å². The van der Waals surface area contributed by atoms with Gasteiger partial charge >= 0.3 is 0 Å². The van der Waals surface area contributed by atoms with E-state index in [1.54, 1.807) is 0 Å². The van der Waals surface area contributed by atoms with Crippen LogP contribution in [0.2, 0.25) is 0 Å². The maximum atomic E-state index is 5.00. The second-order valence-corrected chi connectivity index (χ2v) is 8.55. The first kappa shape index (κ1) is 16.0. The minimum atomic E-state index is 0.0960. The van der Waals surface area contributed by atoms with E-state index < -0.39 is 0 Å². The molecule has 1 heterocycles. The van der Waals surface area contributed by atoms with Gasteiger partial charge in [0.2, 0.25) is 0 Å². The molecular weight excluding hydrogens is 264 g/mol. The Morgan fingerprint density at radius 2 is 2.00 bits per heavy atom. The molecule has 1 saturated carbocycles. The third-order valence-electron chi connectivity index (χ3n) is 4.53. The molecule has 2 nitrogen and oxygen atoms in total. The lowest BCUT2D eigenvalue weighted by molar-refractivity contribution is 0.0806. The summed E-state index contributed by atoms with van der Waals surface area (Å²) in [5.74, 6) is 0.757.